The van der Waals surface area contributed by atoms with Gasteiger partial charge >= 0.3 is 0 Å². The van der Waals surface area contributed by atoms with Gasteiger partial charge in [0, 0.05) is 33.8 Å². The molecular weight excluding hydrogens is 459 g/mol. The summed E-state index contributed by atoms with van der Waals surface area (Å²) < 4.78 is 5.46. The van der Waals surface area contributed by atoms with Crippen LogP contribution < -0.4 is 10.6 Å². The van der Waals surface area contributed by atoms with Crippen LogP contribution in [0, 0.1) is 11.3 Å². The number of halogens is 1. The lowest BCUT2D eigenvalue weighted by Crippen LogP contribution is -2.45. The molecule has 1 aliphatic rings. The molecule has 0 aliphatic heterocycles. The Balaban J connectivity index is 0.00000676. The number of guanidine groups is 1. The number of carbonyl (C=O) groups excluding carboxylic acids is 1. The van der Waals surface area contributed by atoms with Gasteiger partial charge in [0.15, 0.2) is 5.96 Å². The van der Waals surface area contributed by atoms with Crippen LogP contribution in [0.5, 0.6) is 0 Å². The van der Waals surface area contributed by atoms with E-state index in [9.17, 15) is 9.90 Å². The zero-order chi connectivity index (χ0) is 19.6. The Labute approximate surface area is 181 Å². The van der Waals surface area contributed by atoms with Crippen molar-refractivity contribution in [2.75, 3.05) is 46.9 Å². The van der Waals surface area contributed by atoms with E-state index in [0.717, 1.165) is 32.2 Å². The molecule has 1 saturated carbocycles. The van der Waals surface area contributed by atoms with Gasteiger partial charge in [-0.1, -0.05) is 26.7 Å². The Morgan fingerprint density at radius 2 is 1.85 bits per heavy atom. The van der Waals surface area contributed by atoms with E-state index < -0.39 is 6.10 Å². The summed E-state index contributed by atoms with van der Waals surface area (Å²) in [4.78, 5) is 19.0. The van der Waals surface area contributed by atoms with E-state index in [2.05, 4.69) is 29.5 Å². The minimum Gasteiger partial charge on any atom is -0.389 e. The molecule has 7 nitrogen and oxygen atoms in total. The maximum absolute atomic E-state index is 12.6. The van der Waals surface area contributed by atoms with Crippen molar-refractivity contribution in [2.24, 2.45) is 16.3 Å². The largest absolute Gasteiger partial charge is 0.389 e. The lowest BCUT2D eigenvalue weighted by molar-refractivity contribution is -0.138. The monoisotopic (exact) mass is 498 g/mol. The van der Waals surface area contributed by atoms with Gasteiger partial charge in [-0.15, -0.1) is 24.0 Å². The van der Waals surface area contributed by atoms with Crippen LogP contribution in [0.4, 0.5) is 0 Å². The molecule has 1 amide bonds. The van der Waals surface area contributed by atoms with Crippen molar-refractivity contribution < 1.29 is 14.6 Å². The second kappa shape index (κ2) is 13.5. The highest BCUT2D eigenvalue weighted by atomic mass is 127. The summed E-state index contributed by atoms with van der Waals surface area (Å²) in [6.07, 6.45) is 3.33. The molecule has 0 bridgehead atoms. The number of amides is 1. The quantitative estimate of drug-likeness (QED) is 0.243. The van der Waals surface area contributed by atoms with Crippen LogP contribution in [0.3, 0.4) is 0 Å². The summed E-state index contributed by atoms with van der Waals surface area (Å²) in [5, 5.41) is 16.4. The highest BCUT2D eigenvalue weighted by Crippen LogP contribution is 2.39. The zero-order valence-electron chi connectivity index (χ0n) is 17.6. The van der Waals surface area contributed by atoms with Gasteiger partial charge in [-0.05, 0) is 25.7 Å². The number of aliphatic imine (C=N–C) groups is 1. The van der Waals surface area contributed by atoms with Gasteiger partial charge in [-0.25, -0.2) is 0 Å². The standard InChI is InChI=1S/C19H38N4O3.HI/c1-6-20-18(21-11-16(24)13-26-12-15(2)3)22-14-19(9-7-8-10-19)17(25)23(4)5;/h15-16,24H,6-14H2,1-5H3,(H2,20,21,22);1H. The minimum atomic E-state index is -0.596. The molecule has 1 fully saturated rings. The van der Waals surface area contributed by atoms with E-state index in [1.54, 1.807) is 4.90 Å². The average Bonchev–Trinajstić information content (AvgIpc) is 3.06. The van der Waals surface area contributed by atoms with E-state index in [1.165, 1.54) is 0 Å². The molecule has 1 aliphatic carbocycles. The number of carbonyl (C=O) groups is 1. The molecule has 0 spiro atoms. The van der Waals surface area contributed by atoms with Crippen LogP contribution >= 0.6 is 24.0 Å². The fourth-order valence-corrected chi connectivity index (χ4v) is 3.25. The summed E-state index contributed by atoms with van der Waals surface area (Å²) >= 11 is 0. The van der Waals surface area contributed by atoms with Crippen LogP contribution in [0.1, 0.15) is 46.5 Å². The third-order valence-electron chi connectivity index (χ3n) is 4.57. The normalized spacial score (nSPS) is 17.4. The molecule has 3 N–H and O–H groups in total. The Kier molecular flexibility index (Phi) is 13.2. The number of ether oxygens (including phenoxy) is 1. The second-order valence-corrected chi connectivity index (χ2v) is 7.85. The number of hydrogen-bond donors (Lipinski definition) is 3. The summed E-state index contributed by atoms with van der Waals surface area (Å²) in [6, 6.07) is 0. The molecule has 0 radical (unpaired) electrons. The van der Waals surface area contributed by atoms with E-state index in [0.29, 0.717) is 38.2 Å². The first kappa shape index (κ1) is 26.4. The lowest BCUT2D eigenvalue weighted by Gasteiger charge is -2.29. The SMILES string of the molecule is CCNC(=NCC1(C(=O)N(C)C)CCCC1)NCC(O)COCC(C)C.I. The average molecular weight is 498 g/mol. The van der Waals surface area contributed by atoms with Gasteiger partial charge in [0.05, 0.1) is 24.7 Å². The summed E-state index contributed by atoms with van der Waals surface area (Å²) in [5.74, 6) is 1.25. The smallest absolute Gasteiger partial charge is 0.230 e. The van der Waals surface area contributed by atoms with Crippen molar-refractivity contribution in [3.8, 4) is 0 Å². The first-order valence-electron chi connectivity index (χ1n) is 9.80. The van der Waals surface area contributed by atoms with E-state index in [-0.39, 0.29) is 35.3 Å². The molecule has 0 saturated heterocycles. The summed E-state index contributed by atoms with van der Waals surface area (Å²) in [6.45, 7) is 8.64. The Morgan fingerprint density at radius 1 is 1.22 bits per heavy atom. The number of nitrogens with zero attached hydrogens (tertiary/aromatic N) is 2. The molecule has 27 heavy (non-hydrogen) atoms. The van der Waals surface area contributed by atoms with Gasteiger partial charge in [-0.3, -0.25) is 9.79 Å². The Morgan fingerprint density at radius 3 is 2.37 bits per heavy atom. The van der Waals surface area contributed by atoms with Crippen molar-refractivity contribution in [2.45, 2.75) is 52.6 Å². The predicted octanol–water partition coefficient (Wildman–Crippen LogP) is 1.84. The third-order valence-corrected chi connectivity index (χ3v) is 4.57. The van der Waals surface area contributed by atoms with Crippen molar-refractivity contribution in [1.29, 1.82) is 0 Å². The van der Waals surface area contributed by atoms with Crippen molar-refractivity contribution in [3.63, 3.8) is 0 Å². The lowest BCUT2D eigenvalue weighted by atomic mass is 9.85. The van der Waals surface area contributed by atoms with Crippen LogP contribution in [-0.4, -0.2) is 74.9 Å². The van der Waals surface area contributed by atoms with Gasteiger partial charge < -0.3 is 25.4 Å². The third kappa shape index (κ3) is 9.43. The second-order valence-electron chi connectivity index (χ2n) is 7.85. The molecular formula is C19H39IN4O3. The van der Waals surface area contributed by atoms with Gasteiger partial charge in [0.2, 0.25) is 5.91 Å². The van der Waals surface area contributed by atoms with Crippen LogP contribution in [0.15, 0.2) is 4.99 Å². The van der Waals surface area contributed by atoms with Gasteiger partial charge in [0.1, 0.15) is 0 Å². The molecule has 1 atom stereocenters. The first-order valence-corrected chi connectivity index (χ1v) is 9.80. The number of aliphatic hydroxyl groups is 1. The minimum absolute atomic E-state index is 0. The summed E-state index contributed by atoms with van der Waals surface area (Å²) in [5.41, 5.74) is -0.384. The summed E-state index contributed by atoms with van der Waals surface area (Å²) in [7, 11) is 3.62. The predicted molar refractivity (Wildman–Crippen MR) is 121 cm³/mol. The number of rotatable bonds is 10. The van der Waals surface area contributed by atoms with Crippen LogP contribution in [-0.2, 0) is 9.53 Å². The molecule has 0 aromatic heterocycles. The molecule has 0 aromatic carbocycles. The molecule has 160 valence electrons. The zero-order valence-corrected chi connectivity index (χ0v) is 19.9. The Hall–Kier alpha value is -0.610. The topological polar surface area (TPSA) is 86.2 Å². The molecule has 0 heterocycles. The number of hydrogen-bond acceptors (Lipinski definition) is 4. The number of nitrogens with one attached hydrogen (secondary N) is 2. The Bertz CT molecular complexity index is 452. The highest BCUT2D eigenvalue weighted by Gasteiger charge is 2.42. The fraction of sp³-hybridized carbons (Fsp3) is 0.895. The van der Waals surface area contributed by atoms with Gasteiger partial charge in [0.25, 0.3) is 0 Å². The molecule has 1 rings (SSSR count). The van der Waals surface area contributed by atoms with Crippen molar-refractivity contribution in [3.05, 3.63) is 0 Å². The van der Waals surface area contributed by atoms with E-state index in [1.807, 2.05) is 21.0 Å². The van der Waals surface area contributed by atoms with E-state index >= 15 is 0 Å². The maximum Gasteiger partial charge on any atom is 0.230 e. The number of aliphatic hydroxyl groups excluding tert-OH is 1. The highest BCUT2D eigenvalue weighted by molar-refractivity contribution is 14.0. The van der Waals surface area contributed by atoms with Crippen molar-refractivity contribution >= 4 is 35.8 Å². The molecule has 1 unspecified atom stereocenters. The fourth-order valence-electron chi connectivity index (χ4n) is 3.25. The molecule has 8 heteroatoms. The van der Waals surface area contributed by atoms with Crippen LogP contribution in [0.2, 0.25) is 0 Å². The molecule has 0 aromatic rings. The van der Waals surface area contributed by atoms with Gasteiger partial charge in [-0.2, -0.15) is 0 Å². The van der Waals surface area contributed by atoms with E-state index in [4.69, 9.17) is 4.74 Å². The first-order chi connectivity index (χ1) is 12.3. The maximum atomic E-state index is 12.6. The van der Waals surface area contributed by atoms with Crippen LogP contribution in [0.25, 0.3) is 0 Å². The van der Waals surface area contributed by atoms with Crippen molar-refractivity contribution in [1.82, 2.24) is 15.5 Å².